The Bertz CT molecular complexity index is 623. The van der Waals surface area contributed by atoms with Gasteiger partial charge in [0.25, 0.3) is 5.95 Å². The Balaban J connectivity index is 2.31. The molecular weight excluding hydrogens is 274 g/mol. The molecule has 10 heteroatoms. The minimum absolute atomic E-state index is 0.126. The summed E-state index contributed by atoms with van der Waals surface area (Å²) in [5.74, 6) is 5.65. The first-order chi connectivity index (χ1) is 9.89. The fourth-order valence-corrected chi connectivity index (χ4v) is 1.76. The molecular formula is C11H17N9O. The highest BCUT2D eigenvalue weighted by atomic mass is 16.1. The quantitative estimate of drug-likeness (QED) is 0.407. The van der Waals surface area contributed by atoms with Crippen LogP contribution < -0.4 is 22.3 Å². The van der Waals surface area contributed by atoms with Gasteiger partial charge in [0, 0.05) is 24.4 Å². The maximum atomic E-state index is 11.1. The van der Waals surface area contributed by atoms with Gasteiger partial charge in [-0.1, -0.05) is 0 Å². The Labute approximate surface area is 120 Å². The van der Waals surface area contributed by atoms with Crippen LogP contribution in [0.4, 0.5) is 11.9 Å². The molecule has 0 atom stereocenters. The molecule has 0 fully saturated rings. The number of carbonyl (C=O) groups excluding carboxylic acids is 1. The summed E-state index contributed by atoms with van der Waals surface area (Å²) in [5, 5.41) is 7.07. The van der Waals surface area contributed by atoms with E-state index in [0.29, 0.717) is 5.95 Å². The van der Waals surface area contributed by atoms with Crippen LogP contribution in [0.3, 0.4) is 0 Å². The van der Waals surface area contributed by atoms with Crippen molar-refractivity contribution in [1.82, 2.24) is 24.7 Å². The summed E-state index contributed by atoms with van der Waals surface area (Å²) in [6.45, 7) is 3.62. The van der Waals surface area contributed by atoms with Crippen molar-refractivity contribution in [2.75, 3.05) is 10.7 Å². The normalized spacial score (nSPS) is 11.2. The summed E-state index contributed by atoms with van der Waals surface area (Å²) < 4.78 is 1.47. The monoisotopic (exact) mass is 291 g/mol. The maximum absolute atomic E-state index is 11.1. The van der Waals surface area contributed by atoms with E-state index in [4.69, 9.17) is 11.6 Å². The SMILES string of the molecule is CC(C)(CC(N)=O)Nc1nc(NN)nc(-n2cccn2)n1. The first-order valence-electron chi connectivity index (χ1n) is 6.19. The van der Waals surface area contributed by atoms with Crippen molar-refractivity contribution in [2.24, 2.45) is 11.6 Å². The number of hydrogen-bond acceptors (Lipinski definition) is 8. The second-order valence-corrected chi connectivity index (χ2v) is 5.03. The highest BCUT2D eigenvalue weighted by molar-refractivity contribution is 5.75. The van der Waals surface area contributed by atoms with Crippen LogP contribution in [-0.2, 0) is 4.79 Å². The van der Waals surface area contributed by atoms with Gasteiger partial charge in [-0.25, -0.2) is 10.5 Å². The second kappa shape index (κ2) is 5.71. The first kappa shape index (κ1) is 14.7. The number of carbonyl (C=O) groups is 1. The summed E-state index contributed by atoms with van der Waals surface area (Å²) in [6, 6.07) is 1.74. The number of anilines is 2. The van der Waals surface area contributed by atoms with Crippen LogP contribution in [0, 0.1) is 0 Å². The van der Waals surface area contributed by atoms with E-state index < -0.39 is 11.4 Å². The van der Waals surface area contributed by atoms with E-state index in [1.807, 2.05) is 13.8 Å². The molecule has 0 radical (unpaired) electrons. The van der Waals surface area contributed by atoms with Crippen molar-refractivity contribution < 1.29 is 4.79 Å². The lowest BCUT2D eigenvalue weighted by molar-refractivity contribution is -0.118. The Morgan fingerprint density at radius 2 is 2.05 bits per heavy atom. The number of hydrazine groups is 1. The lowest BCUT2D eigenvalue weighted by Gasteiger charge is -2.24. The van der Waals surface area contributed by atoms with E-state index in [-0.39, 0.29) is 18.3 Å². The molecule has 1 amide bonds. The minimum atomic E-state index is -0.611. The van der Waals surface area contributed by atoms with Crippen LogP contribution in [0.15, 0.2) is 18.5 Å². The lowest BCUT2D eigenvalue weighted by atomic mass is 10.0. The number of nitrogens with two attached hydrogens (primary N) is 2. The van der Waals surface area contributed by atoms with E-state index in [9.17, 15) is 4.79 Å². The second-order valence-electron chi connectivity index (χ2n) is 5.03. The third kappa shape index (κ3) is 3.86. The largest absolute Gasteiger partial charge is 0.370 e. The van der Waals surface area contributed by atoms with Gasteiger partial charge in [0.2, 0.25) is 17.8 Å². The molecule has 2 aromatic rings. The topological polar surface area (TPSA) is 150 Å². The van der Waals surface area contributed by atoms with Gasteiger partial charge in [-0.3, -0.25) is 10.2 Å². The minimum Gasteiger partial charge on any atom is -0.370 e. The Kier molecular flexibility index (Phi) is 3.98. The van der Waals surface area contributed by atoms with Crippen molar-refractivity contribution in [3.05, 3.63) is 18.5 Å². The van der Waals surface area contributed by atoms with Crippen LogP contribution in [0.1, 0.15) is 20.3 Å². The number of rotatable bonds is 6. The Morgan fingerprint density at radius 3 is 2.62 bits per heavy atom. The van der Waals surface area contributed by atoms with Gasteiger partial charge in [0.1, 0.15) is 0 Å². The van der Waals surface area contributed by atoms with E-state index in [2.05, 4.69) is 30.8 Å². The molecule has 2 heterocycles. The third-order valence-corrected chi connectivity index (χ3v) is 2.53. The first-order valence-corrected chi connectivity index (χ1v) is 6.19. The molecule has 2 rings (SSSR count). The van der Waals surface area contributed by atoms with E-state index in [1.165, 1.54) is 4.68 Å². The summed E-state index contributed by atoms with van der Waals surface area (Å²) in [6.07, 6.45) is 3.42. The van der Waals surface area contributed by atoms with Crippen LogP contribution in [0.5, 0.6) is 0 Å². The van der Waals surface area contributed by atoms with Crippen molar-refractivity contribution in [3.63, 3.8) is 0 Å². The molecule has 0 unspecified atom stereocenters. The molecule has 0 saturated heterocycles. The fourth-order valence-electron chi connectivity index (χ4n) is 1.76. The van der Waals surface area contributed by atoms with E-state index in [1.54, 1.807) is 18.5 Å². The van der Waals surface area contributed by atoms with Gasteiger partial charge < -0.3 is 11.1 Å². The average molecular weight is 291 g/mol. The molecule has 0 saturated carbocycles. The van der Waals surface area contributed by atoms with Gasteiger partial charge in [0.05, 0.1) is 0 Å². The van der Waals surface area contributed by atoms with Crippen molar-refractivity contribution >= 4 is 17.8 Å². The third-order valence-electron chi connectivity index (χ3n) is 2.53. The Hall–Kier alpha value is -2.75. The summed E-state index contributed by atoms with van der Waals surface area (Å²) in [7, 11) is 0. The molecule has 0 aromatic carbocycles. The van der Waals surface area contributed by atoms with Gasteiger partial charge in [-0.05, 0) is 19.9 Å². The Morgan fingerprint density at radius 1 is 1.33 bits per heavy atom. The van der Waals surface area contributed by atoms with Crippen LogP contribution in [0.25, 0.3) is 5.95 Å². The molecule has 112 valence electrons. The number of nitrogens with zero attached hydrogens (tertiary/aromatic N) is 5. The number of primary amides is 1. The molecule has 10 nitrogen and oxygen atoms in total. The van der Waals surface area contributed by atoms with E-state index in [0.717, 1.165) is 0 Å². The molecule has 6 N–H and O–H groups in total. The van der Waals surface area contributed by atoms with Gasteiger partial charge >= 0.3 is 0 Å². The molecule has 2 aromatic heterocycles. The van der Waals surface area contributed by atoms with Crippen molar-refractivity contribution in [2.45, 2.75) is 25.8 Å². The van der Waals surface area contributed by atoms with Crippen molar-refractivity contribution in [1.29, 1.82) is 0 Å². The van der Waals surface area contributed by atoms with Crippen LogP contribution in [0.2, 0.25) is 0 Å². The fraction of sp³-hybridized carbons (Fsp3) is 0.364. The molecule has 0 spiro atoms. The summed E-state index contributed by atoms with van der Waals surface area (Å²) in [5.41, 5.74) is 6.97. The number of nitrogens with one attached hydrogen (secondary N) is 2. The predicted octanol–water partition coefficient (Wildman–Crippen LogP) is -0.591. The standard InChI is InChI=1S/C11H17N9O/c1-11(2,6-7(12)21)18-8-15-9(19-13)17-10(16-8)20-5-3-4-14-20/h3-5H,6,13H2,1-2H3,(H2,12,21)(H2,15,16,17,18,19). The van der Waals surface area contributed by atoms with Gasteiger partial charge in [-0.2, -0.15) is 20.1 Å². The lowest BCUT2D eigenvalue weighted by Crippen LogP contribution is -2.37. The highest BCUT2D eigenvalue weighted by Crippen LogP contribution is 2.16. The van der Waals surface area contributed by atoms with Gasteiger partial charge in [-0.15, -0.1) is 0 Å². The zero-order valence-electron chi connectivity index (χ0n) is 11.7. The van der Waals surface area contributed by atoms with Crippen LogP contribution in [-0.4, -0.2) is 36.2 Å². The van der Waals surface area contributed by atoms with Gasteiger partial charge in [0.15, 0.2) is 0 Å². The van der Waals surface area contributed by atoms with Crippen molar-refractivity contribution in [3.8, 4) is 5.95 Å². The van der Waals surface area contributed by atoms with E-state index >= 15 is 0 Å². The zero-order valence-corrected chi connectivity index (χ0v) is 11.7. The predicted molar refractivity (Wildman–Crippen MR) is 76.3 cm³/mol. The number of hydrogen-bond donors (Lipinski definition) is 4. The zero-order chi connectivity index (χ0) is 15.5. The highest BCUT2D eigenvalue weighted by Gasteiger charge is 2.22. The molecule has 0 aliphatic rings. The smallest absolute Gasteiger partial charge is 0.257 e. The summed E-state index contributed by atoms with van der Waals surface area (Å²) >= 11 is 0. The van der Waals surface area contributed by atoms with Crippen LogP contribution >= 0.6 is 0 Å². The molecule has 21 heavy (non-hydrogen) atoms. The average Bonchev–Trinajstić information content (AvgIpc) is 2.89. The summed E-state index contributed by atoms with van der Waals surface area (Å²) in [4.78, 5) is 23.5. The molecule has 0 aliphatic carbocycles. The molecule has 0 aliphatic heterocycles. The number of amides is 1. The molecule has 0 bridgehead atoms. The maximum Gasteiger partial charge on any atom is 0.257 e. The number of aromatic nitrogens is 5. The number of nitrogen functional groups attached to an aromatic ring is 1.